The molecule has 0 saturated carbocycles. The predicted molar refractivity (Wildman–Crippen MR) is 134 cm³/mol. The Balaban J connectivity index is 1.85. The lowest BCUT2D eigenvalue weighted by molar-refractivity contribution is -0.139. The van der Waals surface area contributed by atoms with Crippen LogP contribution in [0, 0.1) is 5.82 Å². The van der Waals surface area contributed by atoms with Gasteiger partial charge in [-0.1, -0.05) is 56.3 Å². The molecule has 36 heavy (non-hydrogen) atoms. The van der Waals surface area contributed by atoms with Gasteiger partial charge in [-0.15, -0.1) is 0 Å². The first-order valence-electron chi connectivity index (χ1n) is 12.0. The number of nitrogens with one attached hydrogen (secondary N) is 1. The highest BCUT2D eigenvalue weighted by Gasteiger charge is 2.41. The van der Waals surface area contributed by atoms with E-state index in [0.717, 1.165) is 5.56 Å². The van der Waals surface area contributed by atoms with Gasteiger partial charge < -0.3 is 20.0 Å². The van der Waals surface area contributed by atoms with E-state index in [4.69, 9.17) is 0 Å². The van der Waals surface area contributed by atoms with Crippen LogP contribution in [-0.2, 0) is 9.59 Å². The number of hydrogen-bond acceptors (Lipinski definition) is 3. The summed E-state index contributed by atoms with van der Waals surface area (Å²) < 4.78 is 29.2. The van der Waals surface area contributed by atoms with Gasteiger partial charge in [0.05, 0.1) is 12.6 Å². The second-order valence-electron chi connectivity index (χ2n) is 9.72. The van der Waals surface area contributed by atoms with Gasteiger partial charge in [0.15, 0.2) is 0 Å². The minimum absolute atomic E-state index is 0.000807. The summed E-state index contributed by atoms with van der Waals surface area (Å²) >= 11 is 0. The molecule has 3 rings (SSSR count). The number of rotatable bonds is 7. The van der Waals surface area contributed by atoms with E-state index < -0.39 is 30.1 Å². The Morgan fingerprint density at radius 2 is 1.72 bits per heavy atom. The predicted octanol–water partition coefficient (Wildman–Crippen LogP) is 3.71. The number of likely N-dealkylation sites (tertiary alicyclic amines) is 1. The van der Waals surface area contributed by atoms with Gasteiger partial charge in [0, 0.05) is 27.6 Å². The molecule has 1 fully saturated rings. The van der Waals surface area contributed by atoms with E-state index in [2.05, 4.69) is 5.32 Å². The minimum atomic E-state index is -1.36. The number of benzene rings is 2. The third-order valence-electron chi connectivity index (χ3n) is 6.35. The Labute approximate surface area is 211 Å². The fourth-order valence-corrected chi connectivity index (χ4v) is 4.45. The van der Waals surface area contributed by atoms with E-state index >= 15 is 0 Å². The Morgan fingerprint density at radius 3 is 2.31 bits per heavy atom. The summed E-state index contributed by atoms with van der Waals surface area (Å²) in [4.78, 5) is 42.2. The van der Waals surface area contributed by atoms with Gasteiger partial charge in [-0.3, -0.25) is 9.59 Å². The van der Waals surface area contributed by atoms with Gasteiger partial charge in [0.25, 0.3) is 0 Å². The Bertz CT molecular complexity index is 1090. The molecular weight excluding hydrogens is 466 g/mol. The van der Waals surface area contributed by atoms with Crippen molar-refractivity contribution in [3.8, 4) is 0 Å². The molecule has 0 aliphatic carbocycles. The molecule has 3 unspecified atom stereocenters. The zero-order valence-electron chi connectivity index (χ0n) is 21.4. The highest BCUT2D eigenvalue weighted by atomic mass is 19.1. The lowest BCUT2D eigenvalue weighted by atomic mass is 9.94. The molecule has 194 valence electrons. The second kappa shape index (κ2) is 11.5. The van der Waals surface area contributed by atoms with Crippen molar-refractivity contribution in [3.05, 3.63) is 71.0 Å². The van der Waals surface area contributed by atoms with Crippen LogP contribution in [-0.4, -0.2) is 79.0 Å². The molecule has 1 N–H and O–H groups in total. The summed E-state index contributed by atoms with van der Waals surface area (Å²) in [5, 5.41) is 2.91. The molecule has 0 bridgehead atoms. The first-order chi connectivity index (χ1) is 17.0. The average Bonchev–Trinajstić information content (AvgIpc) is 3.24. The lowest BCUT2D eigenvalue weighted by Crippen LogP contribution is -2.50. The summed E-state index contributed by atoms with van der Waals surface area (Å²) in [5.41, 5.74) is 1.84. The van der Waals surface area contributed by atoms with Crippen LogP contribution in [0.5, 0.6) is 0 Å². The summed E-state index contributed by atoms with van der Waals surface area (Å²) in [5.74, 6) is -1.42. The molecule has 7 nitrogen and oxygen atoms in total. The summed E-state index contributed by atoms with van der Waals surface area (Å²) in [6, 6.07) is 11.9. The van der Waals surface area contributed by atoms with Crippen molar-refractivity contribution in [2.75, 3.05) is 34.2 Å². The molecule has 9 heteroatoms. The van der Waals surface area contributed by atoms with Gasteiger partial charge in [-0.2, -0.15) is 0 Å². The van der Waals surface area contributed by atoms with Crippen molar-refractivity contribution in [1.82, 2.24) is 20.0 Å². The summed E-state index contributed by atoms with van der Waals surface area (Å²) in [7, 11) is 4.60. The van der Waals surface area contributed by atoms with E-state index in [-0.39, 0.29) is 37.3 Å². The highest BCUT2D eigenvalue weighted by molar-refractivity contribution is 5.91. The van der Waals surface area contributed by atoms with Gasteiger partial charge >= 0.3 is 6.03 Å². The minimum Gasteiger partial charge on any atom is -0.343 e. The van der Waals surface area contributed by atoms with Crippen LogP contribution in [0.3, 0.4) is 0 Å². The maximum atomic E-state index is 14.8. The molecule has 1 saturated heterocycles. The van der Waals surface area contributed by atoms with Gasteiger partial charge in [0.2, 0.25) is 11.8 Å². The van der Waals surface area contributed by atoms with Crippen molar-refractivity contribution in [2.45, 2.75) is 44.4 Å². The highest BCUT2D eigenvalue weighted by Crippen LogP contribution is 2.28. The van der Waals surface area contributed by atoms with Crippen molar-refractivity contribution >= 4 is 17.8 Å². The summed E-state index contributed by atoms with van der Waals surface area (Å²) in [6.07, 6.45) is -1.51. The standard InChI is InChI=1S/C27H34F2N4O3/c1-17(2)21-12-11-19(13-22(21)29)25(18-9-7-6-8-10-18)30-26(35)23-14-20(28)15-33(23)24(34)16-32(5)27(36)31(3)4/h6-13,17,20,23,25H,14-16H2,1-5H3,(H,30,35). The van der Waals surface area contributed by atoms with Crippen LogP contribution < -0.4 is 5.32 Å². The third-order valence-corrected chi connectivity index (χ3v) is 6.35. The van der Waals surface area contributed by atoms with E-state index in [1.165, 1.54) is 27.8 Å². The van der Waals surface area contributed by atoms with Crippen molar-refractivity contribution < 1.29 is 23.2 Å². The fraction of sp³-hybridized carbons (Fsp3) is 0.444. The molecule has 4 amide bonds. The molecule has 1 aliphatic heterocycles. The number of likely N-dealkylation sites (N-methyl/N-ethyl adjacent to an activating group) is 1. The maximum Gasteiger partial charge on any atom is 0.319 e. The number of amides is 4. The van der Waals surface area contributed by atoms with Gasteiger partial charge in [-0.05, 0) is 28.7 Å². The molecule has 0 aromatic heterocycles. The van der Waals surface area contributed by atoms with Crippen molar-refractivity contribution in [3.63, 3.8) is 0 Å². The smallest absolute Gasteiger partial charge is 0.319 e. The number of alkyl halides is 1. The first kappa shape index (κ1) is 27.1. The molecule has 0 spiro atoms. The van der Waals surface area contributed by atoms with E-state index in [1.54, 1.807) is 26.2 Å². The normalized spacial score (nSPS) is 18.2. The van der Waals surface area contributed by atoms with Gasteiger partial charge in [0.1, 0.15) is 24.6 Å². The van der Waals surface area contributed by atoms with Crippen LogP contribution in [0.2, 0.25) is 0 Å². The second-order valence-corrected chi connectivity index (χ2v) is 9.72. The average molecular weight is 501 g/mol. The molecule has 2 aromatic carbocycles. The Kier molecular flexibility index (Phi) is 8.66. The van der Waals surface area contributed by atoms with Crippen molar-refractivity contribution in [1.29, 1.82) is 0 Å². The fourth-order valence-electron chi connectivity index (χ4n) is 4.45. The number of carbonyl (C=O) groups excluding carboxylic acids is 3. The van der Waals surface area contributed by atoms with Crippen LogP contribution in [0.4, 0.5) is 13.6 Å². The van der Waals surface area contributed by atoms with Crippen LogP contribution >= 0.6 is 0 Å². The lowest BCUT2D eigenvalue weighted by Gasteiger charge is -2.29. The molecule has 2 aromatic rings. The first-order valence-corrected chi connectivity index (χ1v) is 12.0. The zero-order valence-corrected chi connectivity index (χ0v) is 21.4. The number of urea groups is 1. The van der Waals surface area contributed by atoms with E-state index in [9.17, 15) is 23.2 Å². The quantitative estimate of drug-likeness (QED) is 0.630. The molecule has 1 aliphatic rings. The van der Waals surface area contributed by atoms with E-state index in [0.29, 0.717) is 11.1 Å². The largest absolute Gasteiger partial charge is 0.343 e. The molecular formula is C27H34F2N4O3. The number of hydrogen-bond donors (Lipinski definition) is 1. The maximum absolute atomic E-state index is 14.8. The van der Waals surface area contributed by atoms with Crippen LogP contribution in [0.15, 0.2) is 48.5 Å². The van der Waals surface area contributed by atoms with Gasteiger partial charge in [-0.25, -0.2) is 13.6 Å². The monoisotopic (exact) mass is 500 g/mol. The third kappa shape index (κ3) is 6.19. The summed E-state index contributed by atoms with van der Waals surface area (Å²) in [6.45, 7) is 3.29. The SMILES string of the molecule is CC(C)c1ccc(C(NC(=O)C2CC(F)CN2C(=O)CN(C)C(=O)N(C)C)c2ccccc2)cc1F. The zero-order chi connectivity index (χ0) is 26.6. The van der Waals surface area contributed by atoms with Crippen molar-refractivity contribution in [2.24, 2.45) is 0 Å². The van der Waals surface area contributed by atoms with Crippen LogP contribution in [0.1, 0.15) is 48.9 Å². The number of carbonyl (C=O) groups is 3. The van der Waals surface area contributed by atoms with E-state index in [1.807, 2.05) is 44.2 Å². The van der Waals surface area contributed by atoms with Crippen LogP contribution in [0.25, 0.3) is 0 Å². The number of nitrogens with zero attached hydrogens (tertiary/aromatic N) is 3. The Hall–Kier alpha value is -3.49. The number of halogens is 2. The molecule has 1 heterocycles. The topological polar surface area (TPSA) is 73.0 Å². The molecule has 3 atom stereocenters. The molecule has 0 radical (unpaired) electrons. The Morgan fingerprint density at radius 1 is 1.06 bits per heavy atom.